The van der Waals surface area contributed by atoms with Gasteiger partial charge in [0.2, 0.25) is 5.95 Å². The van der Waals surface area contributed by atoms with Crippen molar-refractivity contribution in [1.82, 2.24) is 9.97 Å². The number of rotatable bonds is 14. The lowest BCUT2D eigenvalue weighted by Gasteiger charge is -2.27. The summed E-state index contributed by atoms with van der Waals surface area (Å²) < 4.78 is 142. The second-order valence-electron chi connectivity index (χ2n) is 12.7. The predicted octanol–water partition coefficient (Wildman–Crippen LogP) is 10.6. The smallest absolute Gasteiger partial charge is 0.416 e. The molecule has 0 radical (unpaired) electrons. The molecule has 0 aliphatic carbocycles. The second kappa shape index (κ2) is 17.0. The van der Waals surface area contributed by atoms with E-state index in [1.54, 1.807) is 25.1 Å². The highest BCUT2D eigenvalue weighted by atomic mass is 19.4. The van der Waals surface area contributed by atoms with Crippen LogP contribution in [0, 0.1) is 6.92 Å². The van der Waals surface area contributed by atoms with Gasteiger partial charge in [-0.1, -0.05) is 19.9 Å². The van der Waals surface area contributed by atoms with Gasteiger partial charge in [-0.15, -0.1) is 0 Å². The minimum Gasteiger partial charge on any atom is -0.496 e. The van der Waals surface area contributed by atoms with Crippen molar-refractivity contribution < 1.29 is 58.5 Å². The molecular weight excluding hydrogens is 733 g/mol. The van der Waals surface area contributed by atoms with E-state index in [9.17, 15) is 44.3 Å². The molecule has 3 aromatic carbocycles. The van der Waals surface area contributed by atoms with Crippen LogP contribution in [-0.2, 0) is 41.1 Å². The van der Waals surface area contributed by atoms with Gasteiger partial charge < -0.3 is 19.1 Å². The summed E-state index contributed by atoms with van der Waals surface area (Å²) in [4.78, 5) is 21.3. The first-order valence-electron chi connectivity index (χ1n) is 16.7. The van der Waals surface area contributed by atoms with E-state index in [0.717, 1.165) is 17.7 Å². The van der Waals surface area contributed by atoms with Crippen LogP contribution in [0.1, 0.15) is 78.5 Å². The van der Waals surface area contributed by atoms with E-state index in [0.29, 0.717) is 29.0 Å². The highest BCUT2D eigenvalue weighted by Gasteiger charge is 2.37. The van der Waals surface area contributed by atoms with Gasteiger partial charge in [0.15, 0.2) is 5.75 Å². The average molecular weight is 772 g/mol. The number of methoxy groups -OCH3 is 1. The highest BCUT2D eigenvalue weighted by Crippen LogP contribution is 2.42. The normalized spacial score (nSPS) is 12.2. The van der Waals surface area contributed by atoms with Gasteiger partial charge >= 0.3 is 24.5 Å². The van der Waals surface area contributed by atoms with Gasteiger partial charge in [-0.2, -0.15) is 39.5 Å². The third-order valence-corrected chi connectivity index (χ3v) is 8.28. The third-order valence-electron chi connectivity index (χ3n) is 8.28. The number of nitrogens with zero attached hydrogens (tertiary/aromatic N) is 3. The minimum atomic E-state index is -5.15. The second-order valence-corrected chi connectivity index (χ2v) is 12.7. The predicted molar refractivity (Wildman–Crippen MR) is 182 cm³/mol. The van der Waals surface area contributed by atoms with E-state index < -0.39 is 59.8 Å². The molecule has 292 valence electrons. The van der Waals surface area contributed by atoms with Crippen LogP contribution in [-0.4, -0.2) is 36.3 Å². The third kappa shape index (κ3) is 10.8. The summed E-state index contributed by atoms with van der Waals surface area (Å²) in [7, 11) is 1.39. The molecule has 0 unspecified atom stereocenters. The van der Waals surface area contributed by atoms with Crippen molar-refractivity contribution in [3.05, 3.63) is 99.9 Å². The van der Waals surface area contributed by atoms with Crippen molar-refractivity contribution in [2.24, 2.45) is 0 Å². The van der Waals surface area contributed by atoms with Crippen molar-refractivity contribution in [2.75, 3.05) is 25.2 Å². The molecule has 4 aromatic rings. The number of ether oxygens (including phenoxy) is 3. The molecule has 0 spiro atoms. The molecule has 0 aliphatic heterocycles. The molecule has 0 fully saturated rings. The van der Waals surface area contributed by atoms with E-state index in [-0.39, 0.29) is 60.9 Å². The zero-order chi connectivity index (χ0) is 40.0. The Labute approximate surface area is 306 Å². The Morgan fingerprint density at radius 3 is 1.94 bits per heavy atom. The molecule has 4 rings (SSSR count). The zero-order valence-electron chi connectivity index (χ0n) is 30.0. The molecule has 0 saturated heterocycles. The van der Waals surface area contributed by atoms with Crippen LogP contribution in [0.25, 0.3) is 11.1 Å². The maximum atomic E-state index is 14.3. The number of carbonyl (C=O) groups excluding carboxylic acids is 1. The molecule has 0 amide bonds. The summed E-state index contributed by atoms with van der Waals surface area (Å²) in [6.07, 6.45) is -12.4. The van der Waals surface area contributed by atoms with E-state index in [1.165, 1.54) is 31.3 Å². The fraction of sp³-hybridized carbons (Fsp3) is 0.395. The fourth-order valence-electron chi connectivity index (χ4n) is 5.73. The van der Waals surface area contributed by atoms with Crippen molar-refractivity contribution in [3.8, 4) is 22.6 Å². The molecule has 16 heteroatoms. The maximum absolute atomic E-state index is 14.3. The fourth-order valence-corrected chi connectivity index (χ4v) is 5.73. The number of aryl methyl sites for hydroxylation is 1. The number of anilines is 1. The summed E-state index contributed by atoms with van der Waals surface area (Å²) in [5.74, 6) is -0.212. The first kappa shape index (κ1) is 41.7. The van der Waals surface area contributed by atoms with Gasteiger partial charge in [0, 0.05) is 25.1 Å². The summed E-state index contributed by atoms with van der Waals surface area (Å²) in [5, 5.41) is 0. The van der Waals surface area contributed by atoms with Crippen molar-refractivity contribution in [2.45, 2.75) is 78.1 Å². The van der Waals surface area contributed by atoms with Crippen LogP contribution in [0.4, 0.5) is 45.5 Å². The molecule has 0 N–H and O–H groups in total. The van der Waals surface area contributed by atoms with E-state index >= 15 is 0 Å². The maximum Gasteiger partial charge on any atom is 0.416 e. The van der Waals surface area contributed by atoms with Gasteiger partial charge in [0.05, 0.1) is 49.4 Å². The molecular formula is C38H38F9N3O4. The SMILES string of the molecule is CCOC(=O)CCCOc1cnc(N(Cc2cc(C(F)(F)F)cc(C(F)(F)F)c2)Cc2cc(C(F)(F)F)cc(C)c2-c2cc(C(C)C)ccc2OC)nc1. The number of hydrogen-bond donors (Lipinski definition) is 0. The molecule has 54 heavy (non-hydrogen) atoms. The van der Waals surface area contributed by atoms with Crippen LogP contribution < -0.4 is 14.4 Å². The monoisotopic (exact) mass is 771 g/mol. The van der Waals surface area contributed by atoms with E-state index in [4.69, 9.17) is 14.2 Å². The number of halogens is 9. The lowest BCUT2D eigenvalue weighted by molar-refractivity contribution is -0.144. The first-order valence-corrected chi connectivity index (χ1v) is 16.7. The Bertz CT molecular complexity index is 1880. The average Bonchev–Trinajstić information content (AvgIpc) is 3.08. The molecule has 1 heterocycles. The lowest BCUT2D eigenvalue weighted by Crippen LogP contribution is -2.26. The molecule has 0 aliphatic rings. The quantitative estimate of drug-likeness (QED) is 0.0718. The summed E-state index contributed by atoms with van der Waals surface area (Å²) >= 11 is 0. The van der Waals surface area contributed by atoms with Crippen LogP contribution >= 0.6 is 0 Å². The first-order chi connectivity index (χ1) is 25.2. The van der Waals surface area contributed by atoms with Gasteiger partial charge in [0.25, 0.3) is 0 Å². The molecule has 7 nitrogen and oxygen atoms in total. The molecule has 0 atom stereocenters. The van der Waals surface area contributed by atoms with Crippen LogP contribution in [0.2, 0.25) is 0 Å². The van der Waals surface area contributed by atoms with Crippen LogP contribution in [0.5, 0.6) is 11.5 Å². The van der Waals surface area contributed by atoms with E-state index in [1.807, 2.05) is 13.8 Å². The molecule has 0 saturated carbocycles. The van der Waals surface area contributed by atoms with Crippen LogP contribution in [0.15, 0.2) is 60.9 Å². The number of aromatic nitrogens is 2. The van der Waals surface area contributed by atoms with Gasteiger partial charge in [-0.3, -0.25) is 4.79 Å². The Balaban J connectivity index is 1.87. The topological polar surface area (TPSA) is 73.8 Å². The van der Waals surface area contributed by atoms with E-state index in [2.05, 4.69) is 9.97 Å². The number of carbonyl (C=O) groups is 1. The Hall–Kier alpha value is -5.02. The number of esters is 1. The van der Waals surface area contributed by atoms with Gasteiger partial charge in [0.1, 0.15) is 5.75 Å². The number of alkyl halides is 9. The summed E-state index contributed by atoms with van der Waals surface area (Å²) in [6.45, 7) is 6.06. The number of benzene rings is 3. The highest BCUT2D eigenvalue weighted by molar-refractivity contribution is 5.78. The molecule has 1 aromatic heterocycles. The Morgan fingerprint density at radius 1 is 0.815 bits per heavy atom. The van der Waals surface area contributed by atoms with Crippen molar-refractivity contribution in [3.63, 3.8) is 0 Å². The summed E-state index contributed by atoms with van der Waals surface area (Å²) in [5.41, 5.74) is -2.83. The summed E-state index contributed by atoms with van der Waals surface area (Å²) in [6, 6.07) is 8.13. The van der Waals surface area contributed by atoms with Crippen LogP contribution in [0.3, 0.4) is 0 Å². The van der Waals surface area contributed by atoms with Gasteiger partial charge in [-0.25, -0.2) is 9.97 Å². The van der Waals surface area contributed by atoms with Gasteiger partial charge in [-0.05, 0) is 96.5 Å². The lowest BCUT2D eigenvalue weighted by atomic mass is 9.89. The van der Waals surface area contributed by atoms with Crippen molar-refractivity contribution in [1.29, 1.82) is 0 Å². The largest absolute Gasteiger partial charge is 0.496 e. The Morgan fingerprint density at radius 2 is 1.41 bits per heavy atom. The Kier molecular flexibility index (Phi) is 13.1. The molecule has 0 bridgehead atoms. The standard InChI is InChI=1S/C38H38F9N3O4/c1-6-53-33(51)8-7-11-54-30-18-48-35(49-19-30)50(20-24-13-28(37(42,43)44)17-29(14-24)38(45,46)47)21-26-15-27(36(39,40)41)12-23(4)34(26)31-16-25(22(2)3)9-10-32(31)52-5/h9-10,12-19,22H,6-8,11,20-21H2,1-5H3. The number of hydrogen-bond acceptors (Lipinski definition) is 7. The van der Waals surface area contributed by atoms with Crippen molar-refractivity contribution >= 4 is 11.9 Å². The zero-order valence-corrected chi connectivity index (χ0v) is 30.0. The minimum absolute atomic E-state index is 0.00684.